The summed E-state index contributed by atoms with van der Waals surface area (Å²) in [6.07, 6.45) is 4.37. The first-order chi connectivity index (χ1) is 11.1. The molecule has 5 nitrogen and oxygen atoms in total. The van der Waals surface area contributed by atoms with Crippen molar-refractivity contribution in [3.63, 3.8) is 0 Å². The predicted molar refractivity (Wildman–Crippen MR) is 97.3 cm³/mol. The summed E-state index contributed by atoms with van der Waals surface area (Å²) >= 11 is 0. The van der Waals surface area contributed by atoms with Crippen LogP contribution in [0.25, 0.3) is 0 Å². The van der Waals surface area contributed by atoms with Crippen LogP contribution in [-0.2, 0) is 13.6 Å². The molecule has 1 unspecified atom stereocenters. The normalized spacial score (nSPS) is 28.2. The average molecular weight is 360 g/mol. The number of aryl methyl sites for hydroxylation is 1. The Labute approximate surface area is 151 Å². The van der Waals surface area contributed by atoms with Crippen molar-refractivity contribution >= 4 is 12.4 Å². The number of hydrogen-bond acceptors (Lipinski definition) is 4. The molecule has 24 heavy (non-hydrogen) atoms. The zero-order chi connectivity index (χ0) is 16.2. The highest BCUT2D eigenvalue weighted by Crippen LogP contribution is 2.23. The fraction of sp³-hybridized carbons (Fsp3) is 0.824. The Bertz CT molecular complexity index is 491. The van der Waals surface area contributed by atoms with E-state index in [1.165, 1.54) is 12.8 Å². The van der Waals surface area contributed by atoms with E-state index in [0.717, 1.165) is 44.3 Å². The zero-order valence-electron chi connectivity index (χ0n) is 14.8. The van der Waals surface area contributed by atoms with E-state index in [1.54, 1.807) is 0 Å². The van der Waals surface area contributed by atoms with Crippen molar-refractivity contribution < 1.29 is 4.39 Å². The van der Waals surface area contributed by atoms with Gasteiger partial charge in [0.1, 0.15) is 6.17 Å². The number of hydrogen-bond donors (Lipinski definition) is 1. The van der Waals surface area contributed by atoms with Crippen LogP contribution in [0, 0.1) is 5.92 Å². The van der Waals surface area contributed by atoms with Gasteiger partial charge in [-0.1, -0.05) is 0 Å². The molecule has 0 amide bonds. The van der Waals surface area contributed by atoms with Crippen molar-refractivity contribution in [2.75, 3.05) is 39.8 Å². The minimum absolute atomic E-state index is 0. The molecule has 2 aliphatic rings. The summed E-state index contributed by atoms with van der Waals surface area (Å²) in [5, 5.41) is 7.70. The lowest BCUT2D eigenvalue weighted by molar-refractivity contribution is 0.162. The molecule has 1 aromatic heterocycles. The fourth-order valence-electron chi connectivity index (χ4n) is 4.03. The van der Waals surface area contributed by atoms with Crippen LogP contribution in [0.5, 0.6) is 0 Å². The van der Waals surface area contributed by atoms with E-state index in [2.05, 4.69) is 27.3 Å². The average Bonchev–Trinajstić information content (AvgIpc) is 3.07. The summed E-state index contributed by atoms with van der Waals surface area (Å²) in [6, 6.07) is 2.33. The standard InChI is InChI=1S/C17H30FN5.ClH/c1-21(10-14-4-3-6-19-9-14)12-17-8-15(18)11-23(17)13-16-5-7-20-22(16)2;/h5,7,14-15,17,19H,3-4,6,8-13H2,1-2H3;1H/t14?,15-,17-;/m0./s1. The molecule has 1 aromatic rings. The smallest absolute Gasteiger partial charge is 0.114 e. The van der Waals surface area contributed by atoms with Crippen LogP contribution in [0.1, 0.15) is 25.0 Å². The van der Waals surface area contributed by atoms with E-state index in [0.29, 0.717) is 19.0 Å². The number of rotatable bonds is 6. The van der Waals surface area contributed by atoms with Gasteiger partial charge in [-0.15, -0.1) is 12.4 Å². The summed E-state index contributed by atoms with van der Waals surface area (Å²) in [5.74, 6) is 0.738. The van der Waals surface area contributed by atoms with Gasteiger partial charge in [0.2, 0.25) is 0 Å². The van der Waals surface area contributed by atoms with Gasteiger partial charge in [0.25, 0.3) is 0 Å². The number of likely N-dealkylation sites (tertiary alicyclic amines) is 1. The topological polar surface area (TPSA) is 36.3 Å². The third-order valence-electron chi connectivity index (χ3n) is 5.26. The monoisotopic (exact) mass is 359 g/mol. The predicted octanol–water partition coefficient (Wildman–Crippen LogP) is 1.69. The second-order valence-electron chi connectivity index (χ2n) is 7.30. The van der Waals surface area contributed by atoms with Crippen LogP contribution < -0.4 is 5.32 Å². The minimum Gasteiger partial charge on any atom is -0.316 e. The Morgan fingerprint density at radius 3 is 2.92 bits per heavy atom. The second kappa shape index (κ2) is 9.13. The van der Waals surface area contributed by atoms with Gasteiger partial charge in [-0.2, -0.15) is 5.10 Å². The van der Waals surface area contributed by atoms with Crippen molar-refractivity contribution in [1.82, 2.24) is 24.9 Å². The van der Waals surface area contributed by atoms with Crippen LogP contribution in [0.3, 0.4) is 0 Å². The van der Waals surface area contributed by atoms with Gasteiger partial charge >= 0.3 is 0 Å². The summed E-state index contributed by atoms with van der Waals surface area (Å²) in [4.78, 5) is 4.69. The summed E-state index contributed by atoms with van der Waals surface area (Å²) < 4.78 is 15.9. The number of aromatic nitrogens is 2. The number of nitrogens with zero attached hydrogens (tertiary/aromatic N) is 4. The summed E-state index contributed by atoms with van der Waals surface area (Å²) in [5.41, 5.74) is 1.16. The Morgan fingerprint density at radius 2 is 2.25 bits per heavy atom. The highest BCUT2D eigenvalue weighted by Gasteiger charge is 2.33. The minimum atomic E-state index is -0.696. The lowest BCUT2D eigenvalue weighted by Crippen LogP contribution is -2.42. The van der Waals surface area contributed by atoms with Crippen LogP contribution in [0.15, 0.2) is 12.3 Å². The first-order valence-corrected chi connectivity index (χ1v) is 8.86. The molecule has 2 fully saturated rings. The molecule has 2 aliphatic heterocycles. The molecule has 0 spiro atoms. The van der Waals surface area contributed by atoms with E-state index >= 15 is 0 Å². The number of halogens is 2. The molecule has 0 saturated carbocycles. The van der Waals surface area contributed by atoms with Gasteiger partial charge in [0.15, 0.2) is 0 Å². The quantitative estimate of drug-likeness (QED) is 0.838. The zero-order valence-corrected chi connectivity index (χ0v) is 15.6. The van der Waals surface area contributed by atoms with Gasteiger partial charge in [-0.25, -0.2) is 4.39 Å². The third-order valence-corrected chi connectivity index (χ3v) is 5.26. The molecule has 2 saturated heterocycles. The molecular formula is C17H31ClFN5. The maximum absolute atomic E-state index is 14.0. The third kappa shape index (κ3) is 5.15. The number of likely N-dealkylation sites (N-methyl/N-ethyl adjacent to an activating group) is 1. The maximum atomic E-state index is 14.0. The molecule has 3 rings (SSSR count). The Morgan fingerprint density at radius 1 is 1.42 bits per heavy atom. The van der Waals surface area contributed by atoms with E-state index in [4.69, 9.17) is 0 Å². The van der Waals surface area contributed by atoms with Gasteiger partial charge in [0.05, 0.1) is 5.69 Å². The number of piperidine rings is 1. The largest absolute Gasteiger partial charge is 0.316 e. The molecule has 0 aromatic carbocycles. The highest BCUT2D eigenvalue weighted by atomic mass is 35.5. The van der Waals surface area contributed by atoms with Crippen LogP contribution in [0.2, 0.25) is 0 Å². The Hall–Kier alpha value is -0.690. The first kappa shape index (κ1) is 19.6. The second-order valence-corrected chi connectivity index (χ2v) is 7.30. The Balaban J connectivity index is 0.00000208. The van der Waals surface area contributed by atoms with Gasteiger partial charge in [0, 0.05) is 45.5 Å². The van der Waals surface area contributed by atoms with Gasteiger partial charge in [-0.3, -0.25) is 9.58 Å². The Kier molecular flexibility index (Phi) is 7.47. The van der Waals surface area contributed by atoms with E-state index in [-0.39, 0.29) is 12.4 Å². The van der Waals surface area contributed by atoms with Gasteiger partial charge < -0.3 is 10.2 Å². The molecule has 1 N–H and O–H groups in total. The summed E-state index contributed by atoms with van der Waals surface area (Å²) in [6.45, 7) is 5.69. The highest BCUT2D eigenvalue weighted by molar-refractivity contribution is 5.85. The van der Waals surface area contributed by atoms with Crippen molar-refractivity contribution in [2.45, 2.75) is 38.0 Å². The SMILES string of the molecule is CN(CC1CCCNC1)C[C@@H]1C[C@H](F)CN1Cc1ccnn1C.Cl. The number of alkyl halides is 1. The molecule has 0 bridgehead atoms. The molecule has 0 aliphatic carbocycles. The van der Waals surface area contributed by atoms with Crippen molar-refractivity contribution in [3.05, 3.63) is 18.0 Å². The van der Waals surface area contributed by atoms with Crippen molar-refractivity contribution in [3.8, 4) is 0 Å². The fourth-order valence-corrected chi connectivity index (χ4v) is 4.03. The van der Waals surface area contributed by atoms with E-state index in [1.807, 2.05) is 24.0 Å². The molecule has 138 valence electrons. The molecule has 7 heteroatoms. The lowest BCUT2D eigenvalue weighted by Gasteiger charge is -2.32. The molecule has 3 atom stereocenters. The molecular weight excluding hydrogens is 329 g/mol. The number of nitrogens with one attached hydrogen (secondary N) is 1. The van der Waals surface area contributed by atoms with Crippen molar-refractivity contribution in [2.24, 2.45) is 13.0 Å². The van der Waals surface area contributed by atoms with E-state index < -0.39 is 6.17 Å². The van der Waals surface area contributed by atoms with Crippen LogP contribution >= 0.6 is 12.4 Å². The van der Waals surface area contributed by atoms with E-state index in [9.17, 15) is 4.39 Å². The lowest BCUT2D eigenvalue weighted by atomic mass is 9.99. The summed E-state index contributed by atoms with van der Waals surface area (Å²) in [7, 11) is 4.14. The van der Waals surface area contributed by atoms with Crippen LogP contribution in [-0.4, -0.2) is 71.6 Å². The molecule has 0 radical (unpaired) electrons. The molecule has 3 heterocycles. The maximum Gasteiger partial charge on any atom is 0.114 e. The van der Waals surface area contributed by atoms with Crippen LogP contribution in [0.4, 0.5) is 4.39 Å². The first-order valence-electron chi connectivity index (χ1n) is 8.86. The van der Waals surface area contributed by atoms with Gasteiger partial charge in [-0.05, 0) is 51.4 Å². The van der Waals surface area contributed by atoms with Crippen molar-refractivity contribution in [1.29, 1.82) is 0 Å².